The highest BCUT2D eigenvalue weighted by molar-refractivity contribution is 9.25. The maximum absolute atomic E-state index is 12.0. The van der Waals surface area contributed by atoms with Crippen LogP contribution in [0.1, 0.15) is 52.9 Å². The van der Waals surface area contributed by atoms with Crippen molar-refractivity contribution in [2.24, 2.45) is 28.1 Å². The van der Waals surface area contributed by atoms with Crippen LogP contribution in [-0.4, -0.2) is 16.3 Å². The molecule has 0 unspecified atom stereocenters. The first-order valence-corrected chi connectivity index (χ1v) is 9.14. The van der Waals surface area contributed by atoms with E-state index in [1.54, 1.807) is 0 Å². The van der Waals surface area contributed by atoms with Gasteiger partial charge >= 0.3 is 5.97 Å². The van der Waals surface area contributed by atoms with Crippen molar-refractivity contribution < 1.29 is 9.53 Å². The molecule has 0 spiro atoms. The first-order chi connectivity index (χ1) is 9.11. The highest BCUT2D eigenvalue weighted by Gasteiger charge is 2.83. The van der Waals surface area contributed by atoms with E-state index in [0.29, 0.717) is 23.7 Å². The molecule has 3 saturated carbocycles. The Morgan fingerprint density at radius 2 is 1.85 bits per heavy atom. The van der Waals surface area contributed by atoms with Crippen LogP contribution in [0.4, 0.5) is 0 Å². The normalized spacial score (nSPS) is 47.3. The molecule has 0 radical (unpaired) electrons. The molecule has 0 aromatic heterocycles. The smallest absolute Gasteiger partial charge is 0.306 e. The van der Waals surface area contributed by atoms with Crippen molar-refractivity contribution in [3.05, 3.63) is 0 Å². The maximum atomic E-state index is 12.0. The van der Waals surface area contributed by atoms with Gasteiger partial charge in [-0.3, -0.25) is 4.79 Å². The third-order valence-electron chi connectivity index (χ3n) is 6.53. The number of carbonyl (C=O) groups excluding carboxylic acids is 1. The summed E-state index contributed by atoms with van der Waals surface area (Å²) >= 11 is 7.81. The van der Waals surface area contributed by atoms with Gasteiger partial charge < -0.3 is 4.74 Å². The summed E-state index contributed by atoms with van der Waals surface area (Å²) in [5.74, 6) is 1.17. The van der Waals surface area contributed by atoms with Gasteiger partial charge in [0.2, 0.25) is 0 Å². The topological polar surface area (TPSA) is 26.3 Å². The summed E-state index contributed by atoms with van der Waals surface area (Å²) in [4.78, 5) is 12.0. The molecule has 0 saturated heterocycles. The zero-order chi connectivity index (χ0) is 15.0. The van der Waals surface area contributed by atoms with Gasteiger partial charge in [0.1, 0.15) is 0 Å². The predicted molar refractivity (Wildman–Crippen MR) is 87.0 cm³/mol. The minimum absolute atomic E-state index is 0.0349. The van der Waals surface area contributed by atoms with Gasteiger partial charge in [0, 0.05) is 0 Å². The van der Waals surface area contributed by atoms with Crippen LogP contribution in [0.5, 0.6) is 0 Å². The quantitative estimate of drug-likeness (QED) is 0.481. The van der Waals surface area contributed by atoms with E-state index in [0.717, 1.165) is 6.42 Å². The van der Waals surface area contributed by atoms with Crippen molar-refractivity contribution >= 4 is 37.8 Å². The molecule has 20 heavy (non-hydrogen) atoms. The second-order valence-electron chi connectivity index (χ2n) is 8.13. The van der Waals surface area contributed by atoms with Gasteiger partial charge in [-0.1, -0.05) is 59.1 Å². The van der Waals surface area contributed by atoms with Gasteiger partial charge in [-0.25, -0.2) is 0 Å². The Hall–Kier alpha value is 0.430. The average Bonchev–Trinajstić information content (AvgIpc) is 2.64. The van der Waals surface area contributed by atoms with E-state index in [1.165, 1.54) is 26.4 Å². The van der Waals surface area contributed by atoms with E-state index in [4.69, 9.17) is 4.74 Å². The SMILES string of the molecule is COC(=O)C[C@@]12CCCC(C)(C)[C@@H]1[C@H]1C(Br)(Br)[C@@]1(C)C2. The zero-order valence-electron chi connectivity index (χ0n) is 12.8. The van der Waals surface area contributed by atoms with E-state index in [1.807, 2.05) is 0 Å². The van der Waals surface area contributed by atoms with Gasteiger partial charge in [-0.05, 0) is 47.3 Å². The van der Waals surface area contributed by atoms with E-state index in [2.05, 4.69) is 52.6 Å². The Balaban J connectivity index is 1.99. The lowest BCUT2D eigenvalue weighted by molar-refractivity contribution is -0.147. The number of ether oxygens (including phenoxy) is 1. The number of alkyl halides is 2. The summed E-state index contributed by atoms with van der Waals surface area (Å²) in [6.07, 6.45) is 5.41. The van der Waals surface area contributed by atoms with Crippen LogP contribution in [0.25, 0.3) is 0 Å². The molecule has 0 amide bonds. The number of hydrogen-bond donors (Lipinski definition) is 0. The number of fused-ring (bicyclic) bond motifs is 3. The van der Waals surface area contributed by atoms with Crippen LogP contribution < -0.4 is 0 Å². The lowest BCUT2D eigenvalue weighted by Crippen LogP contribution is -2.45. The van der Waals surface area contributed by atoms with Crippen molar-refractivity contribution in [2.45, 2.75) is 56.1 Å². The molecule has 0 aromatic rings. The number of hydrogen-bond acceptors (Lipinski definition) is 2. The third-order valence-corrected chi connectivity index (χ3v) is 9.33. The Labute approximate surface area is 138 Å². The molecule has 2 nitrogen and oxygen atoms in total. The monoisotopic (exact) mass is 406 g/mol. The van der Waals surface area contributed by atoms with Crippen LogP contribution in [-0.2, 0) is 9.53 Å². The zero-order valence-corrected chi connectivity index (χ0v) is 15.9. The molecular formula is C16H24Br2O2. The van der Waals surface area contributed by atoms with Crippen molar-refractivity contribution in [2.75, 3.05) is 7.11 Å². The molecule has 0 aliphatic heterocycles. The van der Waals surface area contributed by atoms with Crippen LogP contribution in [0.15, 0.2) is 0 Å². The summed E-state index contributed by atoms with van der Waals surface area (Å²) in [6.45, 7) is 7.15. The minimum Gasteiger partial charge on any atom is -0.469 e. The molecule has 0 aromatic carbocycles. The fourth-order valence-electron chi connectivity index (χ4n) is 5.81. The highest BCUT2D eigenvalue weighted by atomic mass is 79.9. The number of rotatable bonds is 2. The molecular weight excluding hydrogens is 384 g/mol. The molecule has 3 aliphatic rings. The maximum Gasteiger partial charge on any atom is 0.306 e. The van der Waals surface area contributed by atoms with Gasteiger partial charge in [0.05, 0.1) is 16.8 Å². The standard InChI is InChI=1S/C16H24Br2O2/c1-13(2)6-5-7-15(8-10(19)20-4)9-14(3)12(11(13)15)16(14,17)18/h11-12H,5-9H2,1-4H3/t11-,12+,14-,15+/m0/s1. The van der Waals surface area contributed by atoms with E-state index in [-0.39, 0.29) is 20.0 Å². The summed E-state index contributed by atoms with van der Waals surface area (Å²) in [5, 5.41) is 0. The largest absolute Gasteiger partial charge is 0.469 e. The second kappa shape index (κ2) is 4.24. The molecule has 114 valence electrons. The Morgan fingerprint density at radius 1 is 1.20 bits per heavy atom. The first kappa shape index (κ1) is 15.3. The molecule has 0 heterocycles. The highest BCUT2D eigenvalue weighted by Crippen LogP contribution is 2.87. The van der Waals surface area contributed by atoms with Crippen LogP contribution in [0, 0.1) is 28.1 Å². The van der Waals surface area contributed by atoms with Crippen LogP contribution >= 0.6 is 31.9 Å². The van der Waals surface area contributed by atoms with Gasteiger partial charge in [-0.2, -0.15) is 0 Å². The third kappa shape index (κ3) is 1.76. The van der Waals surface area contributed by atoms with Crippen molar-refractivity contribution in [3.8, 4) is 0 Å². The molecule has 3 aliphatic carbocycles. The molecule has 0 N–H and O–H groups in total. The molecule has 3 rings (SSSR count). The fourth-order valence-corrected chi connectivity index (χ4v) is 7.90. The molecule has 4 atom stereocenters. The van der Waals surface area contributed by atoms with Crippen LogP contribution in [0.3, 0.4) is 0 Å². The summed E-state index contributed by atoms with van der Waals surface area (Å²) in [6, 6.07) is 0. The van der Waals surface area contributed by atoms with Gasteiger partial charge in [-0.15, -0.1) is 0 Å². The van der Waals surface area contributed by atoms with Gasteiger partial charge in [0.15, 0.2) is 0 Å². The molecule has 3 fully saturated rings. The van der Waals surface area contributed by atoms with E-state index in [9.17, 15) is 4.79 Å². The Morgan fingerprint density at radius 3 is 2.45 bits per heavy atom. The van der Waals surface area contributed by atoms with E-state index >= 15 is 0 Å². The lowest BCUT2D eigenvalue weighted by atomic mass is 9.54. The van der Waals surface area contributed by atoms with Gasteiger partial charge in [0.25, 0.3) is 0 Å². The van der Waals surface area contributed by atoms with Crippen LogP contribution in [0.2, 0.25) is 0 Å². The Kier molecular flexibility index (Phi) is 3.25. The predicted octanol–water partition coefficient (Wildman–Crippen LogP) is 4.89. The number of esters is 1. The minimum atomic E-state index is -0.0349. The van der Waals surface area contributed by atoms with E-state index < -0.39 is 0 Å². The number of halogens is 2. The molecule has 4 heteroatoms. The first-order valence-electron chi connectivity index (χ1n) is 7.55. The number of carbonyl (C=O) groups is 1. The second-order valence-corrected chi connectivity index (χ2v) is 11.7. The van der Waals surface area contributed by atoms with Crippen molar-refractivity contribution in [1.82, 2.24) is 0 Å². The fraction of sp³-hybridized carbons (Fsp3) is 0.938. The molecule has 0 bridgehead atoms. The van der Waals surface area contributed by atoms with Crippen molar-refractivity contribution in [3.63, 3.8) is 0 Å². The summed E-state index contributed by atoms with van der Waals surface area (Å²) in [7, 11) is 1.51. The Bertz CT molecular complexity index is 459. The number of methoxy groups -OCH3 is 1. The summed E-state index contributed by atoms with van der Waals surface area (Å²) in [5.41, 5.74) is 0.727. The summed E-state index contributed by atoms with van der Waals surface area (Å²) < 4.78 is 5.07. The average molecular weight is 408 g/mol. The lowest BCUT2D eigenvalue weighted by Gasteiger charge is -2.51. The van der Waals surface area contributed by atoms with Crippen molar-refractivity contribution in [1.29, 1.82) is 0 Å².